The number of anilines is 2. The summed E-state index contributed by atoms with van der Waals surface area (Å²) in [4.78, 5) is 9.30. The van der Waals surface area contributed by atoms with Crippen molar-refractivity contribution in [1.82, 2.24) is 9.97 Å². The molecule has 0 aliphatic heterocycles. The van der Waals surface area contributed by atoms with Crippen LogP contribution < -0.4 is 15.4 Å². The van der Waals surface area contributed by atoms with Crippen LogP contribution >= 0.6 is 0 Å². The van der Waals surface area contributed by atoms with Crippen molar-refractivity contribution in [3.8, 4) is 17.0 Å². The summed E-state index contributed by atoms with van der Waals surface area (Å²) in [5, 5.41) is 6.73. The van der Waals surface area contributed by atoms with Crippen LogP contribution in [0.4, 0.5) is 11.8 Å². The average Bonchev–Trinajstić information content (AvgIpc) is 2.71. The topological polar surface area (TPSA) is 59.1 Å². The third-order valence-corrected chi connectivity index (χ3v) is 4.12. The van der Waals surface area contributed by atoms with Crippen molar-refractivity contribution >= 4 is 11.8 Å². The van der Waals surface area contributed by atoms with Gasteiger partial charge in [0.1, 0.15) is 11.6 Å². The van der Waals surface area contributed by atoms with E-state index in [4.69, 9.17) is 4.74 Å². The molecule has 0 bridgehead atoms. The Balaban J connectivity index is 1.85. The van der Waals surface area contributed by atoms with E-state index in [-0.39, 0.29) is 0 Å². The summed E-state index contributed by atoms with van der Waals surface area (Å²) in [6, 6.07) is 20.1. The number of rotatable bonds is 8. The average molecular weight is 362 g/mol. The predicted molar refractivity (Wildman–Crippen MR) is 111 cm³/mol. The fourth-order valence-electron chi connectivity index (χ4n) is 2.70. The van der Waals surface area contributed by atoms with E-state index < -0.39 is 0 Å². The van der Waals surface area contributed by atoms with Crippen LogP contribution in [0.15, 0.2) is 60.7 Å². The summed E-state index contributed by atoms with van der Waals surface area (Å²) in [6.45, 7) is 5.77. The number of nitrogens with one attached hydrogen (secondary N) is 2. The molecule has 3 aromatic rings. The molecule has 1 heterocycles. The highest BCUT2D eigenvalue weighted by Crippen LogP contribution is 2.23. The Hall–Kier alpha value is -3.08. The molecule has 0 saturated heterocycles. The first-order chi connectivity index (χ1) is 13.2. The molecule has 2 N–H and O–H groups in total. The molecule has 2 aromatic carbocycles. The summed E-state index contributed by atoms with van der Waals surface area (Å²) in [5.41, 5.74) is 3.03. The zero-order chi connectivity index (χ0) is 19.1. The predicted octanol–water partition coefficient (Wildman–Crippen LogP) is 4.83. The van der Waals surface area contributed by atoms with Crippen LogP contribution in [0.5, 0.6) is 5.75 Å². The molecule has 5 nitrogen and oxygen atoms in total. The van der Waals surface area contributed by atoms with E-state index in [2.05, 4.69) is 46.6 Å². The molecule has 3 rings (SSSR count). The second-order valence-electron chi connectivity index (χ2n) is 6.77. The van der Waals surface area contributed by atoms with Gasteiger partial charge in [0.2, 0.25) is 5.95 Å². The van der Waals surface area contributed by atoms with Gasteiger partial charge in [-0.1, -0.05) is 62.4 Å². The lowest BCUT2D eigenvalue weighted by atomic mass is 10.1. The Morgan fingerprint density at radius 1 is 0.926 bits per heavy atom. The van der Waals surface area contributed by atoms with Crippen molar-refractivity contribution in [2.24, 2.45) is 5.92 Å². The first-order valence-electron chi connectivity index (χ1n) is 9.20. The first-order valence-corrected chi connectivity index (χ1v) is 9.20. The van der Waals surface area contributed by atoms with Crippen molar-refractivity contribution < 1.29 is 4.74 Å². The van der Waals surface area contributed by atoms with Gasteiger partial charge in [-0.05, 0) is 12.0 Å². The maximum atomic E-state index is 5.43. The van der Waals surface area contributed by atoms with Gasteiger partial charge in [0.15, 0.2) is 0 Å². The quantitative estimate of drug-likeness (QED) is 0.601. The van der Waals surface area contributed by atoms with Crippen LogP contribution in [0.2, 0.25) is 0 Å². The highest BCUT2D eigenvalue weighted by atomic mass is 16.5. The van der Waals surface area contributed by atoms with E-state index in [0.717, 1.165) is 34.9 Å². The SMILES string of the molecule is COc1ccccc1CNc1cc(-c2ccccc2)nc(NCC(C)C)n1. The van der Waals surface area contributed by atoms with Gasteiger partial charge < -0.3 is 15.4 Å². The molecule has 0 aliphatic carbocycles. The van der Waals surface area contributed by atoms with Gasteiger partial charge in [-0.15, -0.1) is 0 Å². The van der Waals surface area contributed by atoms with Crippen LogP contribution in [-0.2, 0) is 6.54 Å². The summed E-state index contributed by atoms with van der Waals surface area (Å²) >= 11 is 0. The fraction of sp³-hybridized carbons (Fsp3) is 0.273. The Bertz CT molecular complexity index is 865. The van der Waals surface area contributed by atoms with E-state index in [1.807, 2.05) is 48.5 Å². The Labute approximate surface area is 160 Å². The Morgan fingerprint density at radius 3 is 2.41 bits per heavy atom. The smallest absolute Gasteiger partial charge is 0.225 e. The monoisotopic (exact) mass is 362 g/mol. The molecular formula is C22H26N4O. The number of aromatic nitrogens is 2. The molecular weight excluding hydrogens is 336 g/mol. The van der Waals surface area contributed by atoms with Gasteiger partial charge in [-0.25, -0.2) is 4.98 Å². The molecule has 1 aromatic heterocycles. The molecule has 0 unspecified atom stereocenters. The second kappa shape index (κ2) is 9.03. The third-order valence-electron chi connectivity index (χ3n) is 4.12. The minimum Gasteiger partial charge on any atom is -0.496 e. The highest BCUT2D eigenvalue weighted by molar-refractivity contribution is 5.64. The molecule has 5 heteroatoms. The molecule has 0 spiro atoms. The highest BCUT2D eigenvalue weighted by Gasteiger charge is 2.08. The van der Waals surface area contributed by atoms with Crippen molar-refractivity contribution in [3.05, 3.63) is 66.2 Å². The van der Waals surface area contributed by atoms with Crippen molar-refractivity contribution in [1.29, 1.82) is 0 Å². The van der Waals surface area contributed by atoms with Crippen LogP contribution in [0.25, 0.3) is 11.3 Å². The lowest BCUT2D eigenvalue weighted by Crippen LogP contribution is -2.12. The standard InChI is InChI=1S/C22H26N4O/c1-16(2)14-24-22-25-19(17-9-5-4-6-10-17)13-21(26-22)23-15-18-11-7-8-12-20(18)27-3/h4-13,16H,14-15H2,1-3H3,(H2,23,24,25,26). The van der Waals surface area contributed by atoms with Crippen LogP contribution in [0, 0.1) is 5.92 Å². The summed E-state index contributed by atoms with van der Waals surface area (Å²) in [5.74, 6) is 2.79. The van der Waals surface area contributed by atoms with E-state index in [1.165, 1.54) is 0 Å². The van der Waals surface area contributed by atoms with Gasteiger partial charge in [-0.3, -0.25) is 0 Å². The molecule has 140 valence electrons. The van der Waals surface area contributed by atoms with Gasteiger partial charge in [-0.2, -0.15) is 4.98 Å². The van der Waals surface area contributed by atoms with Gasteiger partial charge >= 0.3 is 0 Å². The molecule has 0 radical (unpaired) electrons. The summed E-state index contributed by atoms with van der Waals surface area (Å²) in [7, 11) is 1.69. The Morgan fingerprint density at radius 2 is 1.67 bits per heavy atom. The third kappa shape index (κ3) is 5.20. The van der Waals surface area contributed by atoms with Crippen LogP contribution in [0.3, 0.4) is 0 Å². The van der Waals surface area contributed by atoms with Crippen molar-refractivity contribution in [3.63, 3.8) is 0 Å². The molecule has 0 fully saturated rings. The summed E-state index contributed by atoms with van der Waals surface area (Å²) in [6.07, 6.45) is 0. The first kappa shape index (κ1) is 18.7. The van der Waals surface area contributed by atoms with E-state index >= 15 is 0 Å². The van der Waals surface area contributed by atoms with Gasteiger partial charge in [0.25, 0.3) is 0 Å². The lowest BCUT2D eigenvalue weighted by Gasteiger charge is -2.13. The maximum Gasteiger partial charge on any atom is 0.225 e. The largest absolute Gasteiger partial charge is 0.496 e. The molecule has 0 amide bonds. The minimum atomic E-state index is 0.513. The molecule has 0 aliphatic rings. The van der Waals surface area contributed by atoms with Gasteiger partial charge in [0.05, 0.1) is 12.8 Å². The van der Waals surface area contributed by atoms with Gasteiger partial charge in [0, 0.05) is 30.3 Å². The van der Waals surface area contributed by atoms with E-state index in [0.29, 0.717) is 18.4 Å². The zero-order valence-electron chi connectivity index (χ0n) is 16.1. The fourth-order valence-corrected chi connectivity index (χ4v) is 2.70. The van der Waals surface area contributed by atoms with E-state index in [9.17, 15) is 0 Å². The molecule has 0 atom stereocenters. The number of para-hydroxylation sites is 1. The number of nitrogens with zero attached hydrogens (tertiary/aromatic N) is 2. The number of hydrogen-bond donors (Lipinski definition) is 2. The Kier molecular flexibility index (Phi) is 6.26. The number of ether oxygens (including phenoxy) is 1. The van der Waals surface area contributed by atoms with Crippen LogP contribution in [-0.4, -0.2) is 23.6 Å². The molecule has 0 saturated carbocycles. The molecule has 27 heavy (non-hydrogen) atoms. The number of hydrogen-bond acceptors (Lipinski definition) is 5. The number of benzene rings is 2. The zero-order valence-corrected chi connectivity index (χ0v) is 16.1. The maximum absolute atomic E-state index is 5.43. The van der Waals surface area contributed by atoms with Crippen molar-refractivity contribution in [2.45, 2.75) is 20.4 Å². The van der Waals surface area contributed by atoms with Crippen LogP contribution in [0.1, 0.15) is 19.4 Å². The lowest BCUT2D eigenvalue weighted by molar-refractivity contribution is 0.410. The van der Waals surface area contributed by atoms with E-state index in [1.54, 1.807) is 7.11 Å². The minimum absolute atomic E-state index is 0.513. The second-order valence-corrected chi connectivity index (χ2v) is 6.77. The number of methoxy groups -OCH3 is 1. The summed E-state index contributed by atoms with van der Waals surface area (Å²) < 4.78 is 5.43. The van der Waals surface area contributed by atoms with Crippen molar-refractivity contribution in [2.75, 3.05) is 24.3 Å². The normalized spacial score (nSPS) is 10.7.